The zero-order chi connectivity index (χ0) is 20.3. The number of fused-ring (bicyclic) bond motifs is 1. The first-order valence-corrected chi connectivity index (χ1v) is 8.89. The molecule has 0 unspecified atom stereocenters. The standard InChI is InChI=1S/C20H21N3O5/c1-13-10-15(5-7-17(13)23(26)27)20(25)21-16-6-8-18-14(11-16)4-3-9-22(18)19(24)12-28-2/h5-8,10-11H,3-4,9,12H2,1-2H3,(H,21,25). The number of nitrogens with zero attached hydrogens (tertiary/aromatic N) is 2. The number of ether oxygens (including phenoxy) is 1. The summed E-state index contributed by atoms with van der Waals surface area (Å²) in [5.41, 5.74) is 3.17. The third kappa shape index (κ3) is 4.01. The van der Waals surface area contributed by atoms with Crippen LogP contribution in [0.4, 0.5) is 17.1 Å². The molecule has 0 aromatic heterocycles. The number of carbonyl (C=O) groups excluding carboxylic acids is 2. The van der Waals surface area contributed by atoms with E-state index in [0.717, 1.165) is 24.1 Å². The number of benzene rings is 2. The van der Waals surface area contributed by atoms with E-state index in [9.17, 15) is 19.7 Å². The molecule has 2 aromatic rings. The van der Waals surface area contributed by atoms with E-state index in [1.807, 2.05) is 12.1 Å². The molecule has 0 saturated carbocycles. The quantitative estimate of drug-likeness (QED) is 0.631. The van der Waals surface area contributed by atoms with E-state index in [1.54, 1.807) is 17.9 Å². The summed E-state index contributed by atoms with van der Waals surface area (Å²) in [4.78, 5) is 36.9. The molecule has 8 heteroatoms. The molecule has 0 aliphatic carbocycles. The number of amides is 2. The van der Waals surface area contributed by atoms with Crippen molar-refractivity contribution in [2.45, 2.75) is 19.8 Å². The van der Waals surface area contributed by atoms with Crippen LogP contribution in [0.1, 0.15) is 27.9 Å². The van der Waals surface area contributed by atoms with Gasteiger partial charge in [-0.3, -0.25) is 19.7 Å². The Morgan fingerprint density at radius 2 is 2.04 bits per heavy atom. The Hall–Kier alpha value is -3.26. The van der Waals surface area contributed by atoms with Gasteiger partial charge in [0.1, 0.15) is 6.61 Å². The highest BCUT2D eigenvalue weighted by Gasteiger charge is 2.23. The van der Waals surface area contributed by atoms with Gasteiger partial charge < -0.3 is 15.0 Å². The largest absolute Gasteiger partial charge is 0.375 e. The van der Waals surface area contributed by atoms with Gasteiger partial charge in [-0.05, 0) is 55.7 Å². The van der Waals surface area contributed by atoms with Crippen LogP contribution in [-0.2, 0) is 16.0 Å². The van der Waals surface area contributed by atoms with Crippen LogP contribution < -0.4 is 10.2 Å². The third-order valence-electron chi connectivity index (χ3n) is 4.68. The van der Waals surface area contributed by atoms with E-state index >= 15 is 0 Å². The lowest BCUT2D eigenvalue weighted by Crippen LogP contribution is -2.37. The number of carbonyl (C=O) groups is 2. The Labute approximate surface area is 162 Å². The summed E-state index contributed by atoms with van der Waals surface area (Å²) in [6, 6.07) is 9.68. The smallest absolute Gasteiger partial charge is 0.272 e. The maximum atomic E-state index is 12.5. The molecule has 0 atom stereocenters. The fourth-order valence-corrected chi connectivity index (χ4v) is 3.34. The van der Waals surface area contributed by atoms with Crippen molar-refractivity contribution in [2.75, 3.05) is 30.5 Å². The molecule has 1 aliphatic rings. The van der Waals surface area contributed by atoms with E-state index in [2.05, 4.69) is 5.32 Å². The second kappa shape index (κ2) is 8.18. The minimum absolute atomic E-state index is 0.0221. The summed E-state index contributed by atoms with van der Waals surface area (Å²) in [7, 11) is 1.49. The molecule has 28 heavy (non-hydrogen) atoms. The maximum Gasteiger partial charge on any atom is 0.272 e. The highest BCUT2D eigenvalue weighted by atomic mass is 16.6. The predicted octanol–water partition coefficient (Wildman–Crippen LogP) is 3.08. The zero-order valence-electron chi connectivity index (χ0n) is 15.7. The molecule has 1 N–H and O–H groups in total. The molecule has 0 fully saturated rings. The van der Waals surface area contributed by atoms with Crippen LogP contribution in [0.3, 0.4) is 0 Å². The average molecular weight is 383 g/mol. The van der Waals surface area contributed by atoms with Gasteiger partial charge in [-0.2, -0.15) is 0 Å². The van der Waals surface area contributed by atoms with Crippen molar-refractivity contribution >= 4 is 28.9 Å². The van der Waals surface area contributed by atoms with Gasteiger partial charge in [0.15, 0.2) is 0 Å². The van der Waals surface area contributed by atoms with E-state index in [0.29, 0.717) is 23.4 Å². The number of nitrogens with one attached hydrogen (secondary N) is 1. The van der Waals surface area contributed by atoms with Crippen LogP contribution in [0, 0.1) is 17.0 Å². The fraction of sp³-hybridized carbons (Fsp3) is 0.300. The van der Waals surface area contributed by atoms with Crippen molar-refractivity contribution in [1.82, 2.24) is 0 Å². The van der Waals surface area contributed by atoms with Crippen LogP contribution in [0.5, 0.6) is 0 Å². The summed E-state index contributed by atoms with van der Waals surface area (Å²) in [6.45, 7) is 2.26. The van der Waals surface area contributed by atoms with Crippen LogP contribution in [-0.4, -0.2) is 37.0 Å². The number of methoxy groups -OCH3 is 1. The summed E-state index contributed by atoms with van der Waals surface area (Å²) in [6.07, 6.45) is 1.65. The Kier molecular flexibility index (Phi) is 5.70. The molecule has 8 nitrogen and oxygen atoms in total. The second-order valence-corrected chi connectivity index (χ2v) is 6.64. The van der Waals surface area contributed by atoms with Crippen molar-refractivity contribution in [3.8, 4) is 0 Å². The normalized spacial score (nSPS) is 13.0. The van der Waals surface area contributed by atoms with Crippen molar-refractivity contribution in [3.05, 3.63) is 63.2 Å². The molecule has 0 saturated heterocycles. The minimum atomic E-state index is -0.475. The number of rotatable bonds is 5. The summed E-state index contributed by atoms with van der Waals surface area (Å²) < 4.78 is 4.94. The number of hydrogen-bond acceptors (Lipinski definition) is 5. The molecule has 0 radical (unpaired) electrons. The van der Waals surface area contributed by atoms with Crippen LogP contribution in [0.25, 0.3) is 0 Å². The number of hydrogen-bond donors (Lipinski definition) is 1. The monoisotopic (exact) mass is 383 g/mol. The van der Waals surface area contributed by atoms with Crippen molar-refractivity contribution < 1.29 is 19.2 Å². The molecular formula is C20H21N3O5. The molecule has 0 bridgehead atoms. The third-order valence-corrected chi connectivity index (χ3v) is 4.68. The van der Waals surface area contributed by atoms with Gasteiger partial charge in [0.05, 0.1) is 4.92 Å². The second-order valence-electron chi connectivity index (χ2n) is 6.64. The lowest BCUT2D eigenvalue weighted by Gasteiger charge is -2.29. The number of nitro benzene ring substituents is 1. The van der Waals surface area contributed by atoms with Crippen molar-refractivity contribution in [2.24, 2.45) is 0 Å². The Morgan fingerprint density at radius 1 is 1.25 bits per heavy atom. The van der Waals surface area contributed by atoms with E-state index in [4.69, 9.17) is 4.74 Å². The van der Waals surface area contributed by atoms with Gasteiger partial charge in [0.25, 0.3) is 17.5 Å². The molecule has 1 aliphatic heterocycles. The maximum absolute atomic E-state index is 12.5. The molecule has 1 heterocycles. The lowest BCUT2D eigenvalue weighted by atomic mass is 10.0. The van der Waals surface area contributed by atoms with Gasteiger partial charge in [-0.15, -0.1) is 0 Å². The first-order chi connectivity index (χ1) is 13.4. The number of anilines is 2. The van der Waals surface area contributed by atoms with Crippen LogP contribution >= 0.6 is 0 Å². The first-order valence-electron chi connectivity index (χ1n) is 8.89. The molecule has 146 valence electrons. The summed E-state index contributed by atoms with van der Waals surface area (Å²) >= 11 is 0. The Bertz CT molecular complexity index is 941. The van der Waals surface area contributed by atoms with Crippen molar-refractivity contribution in [1.29, 1.82) is 0 Å². The summed E-state index contributed by atoms with van der Waals surface area (Å²) in [5, 5.41) is 13.7. The molecule has 3 rings (SSSR count). The summed E-state index contributed by atoms with van der Waals surface area (Å²) in [5.74, 6) is -0.442. The molecule has 2 aromatic carbocycles. The zero-order valence-corrected chi connectivity index (χ0v) is 15.7. The van der Waals surface area contributed by atoms with Gasteiger partial charge in [-0.1, -0.05) is 0 Å². The van der Waals surface area contributed by atoms with Gasteiger partial charge in [-0.25, -0.2) is 0 Å². The number of nitro groups is 1. The Morgan fingerprint density at radius 3 is 2.71 bits per heavy atom. The topological polar surface area (TPSA) is 102 Å². The predicted molar refractivity (Wildman–Crippen MR) is 105 cm³/mol. The van der Waals surface area contributed by atoms with Crippen LogP contribution in [0.2, 0.25) is 0 Å². The Balaban J connectivity index is 1.78. The van der Waals surface area contributed by atoms with E-state index in [1.165, 1.54) is 25.3 Å². The minimum Gasteiger partial charge on any atom is -0.375 e. The highest BCUT2D eigenvalue weighted by Crippen LogP contribution is 2.30. The van der Waals surface area contributed by atoms with Gasteiger partial charge in [0.2, 0.25) is 0 Å². The van der Waals surface area contributed by atoms with E-state index in [-0.39, 0.29) is 24.1 Å². The SMILES string of the molecule is COCC(=O)N1CCCc2cc(NC(=O)c3ccc([N+](=O)[O-])c(C)c3)ccc21. The van der Waals surface area contributed by atoms with Gasteiger partial charge >= 0.3 is 0 Å². The first kappa shape index (κ1) is 19.5. The van der Waals surface area contributed by atoms with Crippen LogP contribution in [0.15, 0.2) is 36.4 Å². The van der Waals surface area contributed by atoms with Gasteiger partial charge in [0, 0.05) is 42.2 Å². The average Bonchev–Trinajstić information content (AvgIpc) is 2.67. The van der Waals surface area contributed by atoms with E-state index < -0.39 is 4.92 Å². The molecular weight excluding hydrogens is 362 g/mol. The highest BCUT2D eigenvalue weighted by molar-refractivity contribution is 6.05. The fourth-order valence-electron chi connectivity index (χ4n) is 3.34. The molecule has 0 spiro atoms. The van der Waals surface area contributed by atoms with Crippen molar-refractivity contribution in [3.63, 3.8) is 0 Å². The number of aryl methyl sites for hydroxylation is 2. The molecule has 2 amide bonds. The lowest BCUT2D eigenvalue weighted by molar-refractivity contribution is -0.385.